The highest BCUT2D eigenvalue weighted by molar-refractivity contribution is 9.09. The molecule has 5 heteroatoms. The van der Waals surface area contributed by atoms with Crippen LogP contribution in [0.4, 0.5) is 4.39 Å². The van der Waals surface area contributed by atoms with Crippen LogP contribution in [0.25, 0.3) is 0 Å². The zero-order valence-electron chi connectivity index (χ0n) is 10.3. The molecule has 20 heavy (non-hydrogen) atoms. The number of rotatable bonds is 2. The van der Waals surface area contributed by atoms with Crippen molar-refractivity contribution in [3.05, 3.63) is 62.9 Å². The van der Waals surface area contributed by atoms with Crippen LogP contribution < -0.4 is 4.74 Å². The number of alkyl halides is 1. The number of halogens is 4. The lowest BCUT2D eigenvalue weighted by atomic mass is 10.0. The van der Waals surface area contributed by atoms with Gasteiger partial charge in [-0.05, 0) is 29.8 Å². The first-order valence-electron chi connectivity index (χ1n) is 6.10. The third kappa shape index (κ3) is 2.54. The molecule has 0 saturated carbocycles. The normalized spacial score (nSPS) is 14.8. The van der Waals surface area contributed by atoms with Crippen molar-refractivity contribution in [2.24, 2.45) is 0 Å². The summed E-state index contributed by atoms with van der Waals surface area (Å²) in [4.78, 5) is -0.328. The van der Waals surface area contributed by atoms with Crippen molar-refractivity contribution in [3.63, 3.8) is 0 Å². The Balaban J connectivity index is 2.09. The van der Waals surface area contributed by atoms with E-state index in [1.165, 1.54) is 6.07 Å². The van der Waals surface area contributed by atoms with Crippen molar-refractivity contribution in [3.8, 4) is 5.75 Å². The standard InChI is InChI=1S/C15H10BrCl2FO/c16-14(11-2-1-9(17)7-13(11)19)12-6-10(18)5-8-3-4-20-15(8)12/h1-2,5-7,14H,3-4H2. The SMILES string of the molecule is Fc1cc(Cl)ccc1C(Br)c1cc(Cl)cc2c1OCC2. The van der Waals surface area contributed by atoms with Gasteiger partial charge in [0.2, 0.25) is 0 Å². The van der Waals surface area contributed by atoms with E-state index in [0.717, 1.165) is 23.3 Å². The molecule has 0 amide bonds. The smallest absolute Gasteiger partial charge is 0.129 e. The van der Waals surface area contributed by atoms with Gasteiger partial charge < -0.3 is 4.74 Å². The topological polar surface area (TPSA) is 9.23 Å². The maximum Gasteiger partial charge on any atom is 0.129 e. The molecule has 1 aliphatic heterocycles. The third-order valence-electron chi connectivity index (χ3n) is 3.29. The molecule has 1 atom stereocenters. The highest BCUT2D eigenvalue weighted by atomic mass is 79.9. The van der Waals surface area contributed by atoms with Gasteiger partial charge in [0.25, 0.3) is 0 Å². The first-order chi connectivity index (χ1) is 9.56. The van der Waals surface area contributed by atoms with E-state index < -0.39 is 0 Å². The largest absolute Gasteiger partial charge is 0.493 e. The minimum atomic E-state index is -0.355. The summed E-state index contributed by atoms with van der Waals surface area (Å²) >= 11 is 15.5. The zero-order chi connectivity index (χ0) is 14.3. The van der Waals surface area contributed by atoms with Crippen molar-refractivity contribution < 1.29 is 9.13 Å². The van der Waals surface area contributed by atoms with Gasteiger partial charge in [-0.25, -0.2) is 4.39 Å². The van der Waals surface area contributed by atoms with Gasteiger partial charge in [0.15, 0.2) is 0 Å². The van der Waals surface area contributed by atoms with E-state index in [4.69, 9.17) is 27.9 Å². The molecule has 0 bridgehead atoms. The van der Waals surface area contributed by atoms with Gasteiger partial charge in [-0.15, -0.1) is 0 Å². The van der Waals surface area contributed by atoms with Gasteiger partial charge in [0.05, 0.1) is 11.4 Å². The number of hydrogen-bond donors (Lipinski definition) is 0. The maximum absolute atomic E-state index is 14.1. The Bertz CT molecular complexity index is 675. The minimum absolute atomic E-state index is 0.328. The van der Waals surface area contributed by atoms with Crippen molar-refractivity contribution >= 4 is 39.1 Å². The van der Waals surface area contributed by atoms with E-state index in [2.05, 4.69) is 15.9 Å². The van der Waals surface area contributed by atoms with Crippen molar-refractivity contribution in [2.75, 3.05) is 6.61 Å². The Morgan fingerprint density at radius 2 is 1.90 bits per heavy atom. The van der Waals surface area contributed by atoms with E-state index in [9.17, 15) is 4.39 Å². The van der Waals surface area contributed by atoms with Crippen molar-refractivity contribution in [1.82, 2.24) is 0 Å². The molecule has 0 saturated heterocycles. The second-order valence-corrected chi connectivity index (χ2v) is 6.40. The molecule has 1 aliphatic rings. The minimum Gasteiger partial charge on any atom is -0.493 e. The lowest BCUT2D eigenvalue weighted by Gasteiger charge is -2.16. The molecule has 0 fully saturated rings. The molecule has 1 nitrogen and oxygen atoms in total. The average Bonchev–Trinajstić information content (AvgIpc) is 2.85. The molecule has 2 aromatic carbocycles. The first-order valence-corrected chi connectivity index (χ1v) is 7.77. The van der Waals surface area contributed by atoms with E-state index in [1.807, 2.05) is 6.07 Å². The van der Waals surface area contributed by atoms with Crippen molar-refractivity contribution in [1.29, 1.82) is 0 Å². The fraction of sp³-hybridized carbons (Fsp3) is 0.200. The van der Waals surface area contributed by atoms with Crippen LogP contribution in [0.1, 0.15) is 21.5 Å². The summed E-state index contributed by atoms with van der Waals surface area (Å²) in [5.41, 5.74) is 2.41. The molecule has 3 rings (SSSR count). The molecule has 0 aliphatic carbocycles. The molecular formula is C15H10BrCl2FO. The Morgan fingerprint density at radius 3 is 2.65 bits per heavy atom. The third-order valence-corrected chi connectivity index (χ3v) is 4.73. The van der Waals surface area contributed by atoms with E-state index in [0.29, 0.717) is 22.2 Å². The summed E-state index contributed by atoms with van der Waals surface area (Å²) in [6.07, 6.45) is 0.825. The summed E-state index contributed by atoms with van der Waals surface area (Å²) in [6, 6.07) is 8.33. The van der Waals surface area contributed by atoms with E-state index in [1.54, 1.807) is 18.2 Å². The average molecular weight is 376 g/mol. The van der Waals surface area contributed by atoms with Gasteiger partial charge in [-0.3, -0.25) is 0 Å². The van der Waals surface area contributed by atoms with Gasteiger partial charge in [-0.2, -0.15) is 0 Å². The monoisotopic (exact) mass is 374 g/mol. The fourth-order valence-electron chi connectivity index (χ4n) is 2.36. The quantitative estimate of drug-likeness (QED) is 0.625. The summed E-state index contributed by atoms with van der Waals surface area (Å²) < 4.78 is 19.7. The highest BCUT2D eigenvalue weighted by Crippen LogP contribution is 2.43. The molecule has 0 N–H and O–H groups in total. The van der Waals surface area contributed by atoms with Crippen LogP contribution in [0.5, 0.6) is 5.75 Å². The summed E-state index contributed by atoms with van der Waals surface area (Å²) in [5.74, 6) is 0.441. The molecule has 0 radical (unpaired) electrons. The fourth-order valence-corrected chi connectivity index (χ4v) is 3.48. The molecule has 1 heterocycles. The number of ether oxygens (including phenoxy) is 1. The highest BCUT2D eigenvalue weighted by Gasteiger charge is 2.24. The summed E-state index contributed by atoms with van der Waals surface area (Å²) in [5, 5.41) is 1.00. The first kappa shape index (κ1) is 14.2. The van der Waals surface area contributed by atoms with Gasteiger partial charge in [0.1, 0.15) is 11.6 Å². The lowest BCUT2D eigenvalue weighted by Crippen LogP contribution is -1.99. The van der Waals surface area contributed by atoms with Gasteiger partial charge in [-0.1, -0.05) is 45.2 Å². The van der Waals surface area contributed by atoms with Crippen LogP contribution in [-0.4, -0.2) is 6.61 Å². The molecule has 2 aromatic rings. The van der Waals surface area contributed by atoms with Crippen LogP contribution in [0.15, 0.2) is 30.3 Å². The Hall–Kier alpha value is -0.770. The predicted molar refractivity (Wildman–Crippen MR) is 82.8 cm³/mol. The van der Waals surface area contributed by atoms with Crippen molar-refractivity contribution in [2.45, 2.75) is 11.2 Å². The Kier molecular flexibility index (Phi) is 3.93. The second-order valence-electron chi connectivity index (χ2n) is 4.61. The van der Waals surface area contributed by atoms with Gasteiger partial charge >= 0.3 is 0 Å². The predicted octanol–water partition coefficient (Wildman–Crippen LogP) is 5.55. The van der Waals surface area contributed by atoms with Crippen LogP contribution in [0.3, 0.4) is 0 Å². The molecular weight excluding hydrogens is 366 g/mol. The van der Waals surface area contributed by atoms with Crippen LogP contribution >= 0.6 is 39.1 Å². The van der Waals surface area contributed by atoms with Crippen LogP contribution in [0.2, 0.25) is 10.0 Å². The second kappa shape index (κ2) is 5.55. The molecule has 1 unspecified atom stereocenters. The zero-order valence-corrected chi connectivity index (χ0v) is 13.4. The van der Waals surface area contributed by atoms with E-state index in [-0.39, 0.29) is 10.6 Å². The Labute approximate surface area is 134 Å². The molecule has 0 aromatic heterocycles. The van der Waals surface area contributed by atoms with Crippen LogP contribution in [0, 0.1) is 5.82 Å². The van der Waals surface area contributed by atoms with Gasteiger partial charge in [0, 0.05) is 27.6 Å². The maximum atomic E-state index is 14.1. The summed E-state index contributed by atoms with van der Waals surface area (Å²) in [7, 11) is 0. The number of benzene rings is 2. The lowest BCUT2D eigenvalue weighted by molar-refractivity contribution is 0.354. The molecule has 0 spiro atoms. The molecule has 104 valence electrons. The number of fused-ring (bicyclic) bond motifs is 1. The Morgan fingerprint density at radius 1 is 1.10 bits per heavy atom. The summed E-state index contributed by atoms with van der Waals surface area (Å²) in [6.45, 7) is 0.630. The van der Waals surface area contributed by atoms with Crippen LogP contribution in [-0.2, 0) is 6.42 Å². The van der Waals surface area contributed by atoms with E-state index >= 15 is 0 Å². The number of hydrogen-bond acceptors (Lipinski definition) is 1.